The summed E-state index contributed by atoms with van der Waals surface area (Å²) in [5.74, 6) is -16.2. The standard InChI is InChI=1S/C76H126F5N7O24/c77-67-68(78)70(80)75(71(81)69(67)79)112-66(102)28-17-6-4-2-1-3-5-13-27-65(101)88-76(47-106-38-29-62(98)85-35-18-32-82-59(95)24-14-7-10-21-50-41-53(92)72(103)56(44-89)109-50,48-107-39-30-63(99)86-36-19-33-83-60(96)25-15-8-11-22-51-42-54(93)73(104)57(45-90)110-51)49-108-40-31-64(100)87-37-20-34-84-61(97)26-16-9-12-23-52-43-55(94)74(105)58(46-91)111-52/h50-58,72-74,89-94,103-105H,1-49H2,(H,82,95)(H,83,96)(H,84,97)(H,85,98)(H,86,99)(H,87,100)(H,88,101)/t50-,51-,52-,53+,54+,55+,56+,57+,58+,72+,73+,74+/m0/s1. The fourth-order valence-electron chi connectivity index (χ4n) is 13.1. The largest absolute Gasteiger partial charge is 0.420 e. The minimum absolute atomic E-state index is 0.0374. The van der Waals surface area contributed by atoms with Crippen molar-refractivity contribution in [2.75, 3.05) is 98.7 Å². The monoisotopic (exact) mass is 1620 g/mol. The van der Waals surface area contributed by atoms with Gasteiger partial charge >= 0.3 is 5.97 Å². The summed E-state index contributed by atoms with van der Waals surface area (Å²) in [4.78, 5) is 103. The molecule has 1 aromatic rings. The van der Waals surface area contributed by atoms with E-state index < -0.39 is 127 Å². The number of carbonyl (C=O) groups excluding carboxylic acids is 8. The Morgan fingerprint density at radius 3 is 0.902 bits per heavy atom. The van der Waals surface area contributed by atoms with Gasteiger partial charge in [0.15, 0.2) is 0 Å². The predicted molar refractivity (Wildman–Crippen MR) is 394 cm³/mol. The summed E-state index contributed by atoms with van der Waals surface area (Å²) >= 11 is 0. The summed E-state index contributed by atoms with van der Waals surface area (Å²) in [6, 6.07) is 0. The maximum absolute atomic E-state index is 14.0. The topological polar surface area (TPSA) is 467 Å². The van der Waals surface area contributed by atoms with Crippen LogP contribution >= 0.6 is 0 Å². The third kappa shape index (κ3) is 40.1. The van der Waals surface area contributed by atoms with Crippen LogP contribution in [-0.4, -0.2) is 271 Å². The molecule has 3 fully saturated rings. The van der Waals surface area contributed by atoms with Gasteiger partial charge in [0.2, 0.25) is 76.2 Å². The van der Waals surface area contributed by atoms with E-state index in [0.29, 0.717) is 116 Å². The summed E-state index contributed by atoms with van der Waals surface area (Å²) in [5.41, 5.74) is -1.44. The highest BCUT2D eigenvalue weighted by molar-refractivity contribution is 5.79. The molecule has 36 heteroatoms. The van der Waals surface area contributed by atoms with Gasteiger partial charge in [-0.3, -0.25) is 38.4 Å². The minimum Gasteiger partial charge on any atom is -0.420 e. The fraction of sp³-hybridized carbons (Fsp3) is 0.816. The number of aliphatic hydroxyl groups is 9. The number of amides is 7. The van der Waals surface area contributed by atoms with Gasteiger partial charge in [0, 0.05) is 110 Å². The molecular weight excluding hydrogens is 1490 g/mol. The lowest BCUT2D eigenvalue weighted by molar-refractivity contribution is -0.181. The number of benzene rings is 1. The molecule has 3 aliphatic heterocycles. The summed E-state index contributed by atoms with van der Waals surface area (Å²) in [6.45, 7) is -0.782. The Morgan fingerprint density at radius 1 is 0.339 bits per heavy atom. The average Bonchev–Trinajstić information content (AvgIpc) is 0.803. The smallest absolute Gasteiger partial charge is 0.311 e. The number of aliphatic hydroxyl groups excluding tert-OH is 9. The zero-order valence-electron chi connectivity index (χ0n) is 64.6. The van der Waals surface area contributed by atoms with E-state index >= 15 is 0 Å². The minimum atomic E-state index is -2.38. The Balaban J connectivity index is 1.27. The molecule has 12 atom stereocenters. The van der Waals surface area contributed by atoms with Crippen molar-refractivity contribution >= 4 is 47.3 Å². The second-order valence-corrected chi connectivity index (χ2v) is 29.2. The van der Waals surface area contributed by atoms with Gasteiger partial charge in [-0.25, -0.2) is 13.2 Å². The number of unbranched alkanes of at least 4 members (excludes halogenated alkanes) is 13. The fourth-order valence-corrected chi connectivity index (χ4v) is 13.1. The quantitative estimate of drug-likeness (QED) is 0.0111. The van der Waals surface area contributed by atoms with Gasteiger partial charge in [-0.1, -0.05) is 77.0 Å². The molecule has 4 rings (SSSR count). The van der Waals surface area contributed by atoms with Crippen LogP contribution in [-0.2, 0) is 66.8 Å². The van der Waals surface area contributed by atoms with Gasteiger partial charge in [0.25, 0.3) is 0 Å². The van der Waals surface area contributed by atoms with Crippen LogP contribution in [0.15, 0.2) is 0 Å². The number of halogens is 5. The van der Waals surface area contributed by atoms with Crippen LogP contribution in [0.2, 0.25) is 0 Å². The number of nitrogens with one attached hydrogen (secondary N) is 7. The normalized spacial score (nSPS) is 21.9. The van der Waals surface area contributed by atoms with Gasteiger partial charge in [-0.15, -0.1) is 0 Å². The Bertz CT molecular complexity index is 2680. The maximum atomic E-state index is 14.0. The van der Waals surface area contributed by atoms with Crippen LogP contribution in [0, 0.1) is 29.1 Å². The van der Waals surface area contributed by atoms with Crippen LogP contribution in [0.4, 0.5) is 22.0 Å². The predicted octanol–water partition coefficient (Wildman–Crippen LogP) is 2.60. The van der Waals surface area contributed by atoms with Crippen molar-refractivity contribution in [3.63, 3.8) is 0 Å². The zero-order chi connectivity index (χ0) is 82.1. The second-order valence-electron chi connectivity index (χ2n) is 29.2. The van der Waals surface area contributed by atoms with Crippen LogP contribution in [0.5, 0.6) is 5.75 Å². The molecule has 0 aliphatic carbocycles. The molecule has 1 aromatic carbocycles. The van der Waals surface area contributed by atoms with E-state index in [4.69, 9.17) is 28.4 Å². The first-order chi connectivity index (χ1) is 53.8. The van der Waals surface area contributed by atoms with Gasteiger partial charge in [0.05, 0.1) is 96.1 Å². The lowest BCUT2D eigenvalue weighted by Gasteiger charge is -2.36. The highest BCUT2D eigenvalue weighted by Crippen LogP contribution is 2.31. The Hall–Kier alpha value is -5.97. The Kier molecular flexibility index (Phi) is 50.2. The van der Waals surface area contributed by atoms with Crippen LogP contribution < -0.4 is 42.0 Å². The molecule has 31 nitrogen and oxygen atoms in total. The number of carbonyl (C=O) groups is 8. The molecule has 0 unspecified atom stereocenters. The third-order valence-corrected chi connectivity index (χ3v) is 19.6. The second kappa shape index (κ2) is 57.1. The first-order valence-electron chi connectivity index (χ1n) is 40.0. The number of hydrogen-bond donors (Lipinski definition) is 16. The van der Waals surface area contributed by atoms with Gasteiger partial charge in [-0.05, 0) is 70.6 Å². The highest BCUT2D eigenvalue weighted by atomic mass is 19.2. The molecule has 0 saturated carbocycles. The first kappa shape index (κ1) is 98.4. The molecule has 7 amide bonds. The molecule has 112 heavy (non-hydrogen) atoms. The molecule has 0 aromatic heterocycles. The number of esters is 1. The molecule has 644 valence electrons. The van der Waals surface area contributed by atoms with Crippen LogP contribution in [0.25, 0.3) is 0 Å². The van der Waals surface area contributed by atoms with Crippen molar-refractivity contribution in [1.82, 2.24) is 37.2 Å². The van der Waals surface area contributed by atoms with Gasteiger partial charge in [-0.2, -0.15) is 8.78 Å². The lowest BCUT2D eigenvalue weighted by atomic mass is 9.95. The van der Waals surface area contributed by atoms with E-state index in [-0.39, 0.29) is 190 Å². The summed E-state index contributed by atoms with van der Waals surface area (Å²) in [6.07, 6.45) is 4.87. The average molecular weight is 1620 g/mol. The van der Waals surface area contributed by atoms with E-state index in [1.807, 2.05) is 0 Å². The molecule has 0 bridgehead atoms. The molecule has 16 N–H and O–H groups in total. The van der Waals surface area contributed by atoms with Crippen LogP contribution in [0.3, 0.4) is 0 Å². The zero-order valence-corrected chi connectivity index (χ0v) is 64.6. The summed E-state index contributed by atoms with van der Waals surface area (Å²) < 4.78 is 108. The summed E-state index contributed by atoms with van der Waals surface area (Å²) in [7, 11) is 0. The number of ether oxygens (including phenoxy) is 7. The molecule has 0 radical (unpaired) electrons. The Labute approximate surface area is 652 Å². The lowest BCUT2D eigenvalue weighted by Crippen LogP contribution is -2.58. The maximum Gasteiger partial charge on any atom is 0.311 e. The van der Waals surface area contributed by atoms with E-state index in [1.54, 1.807) is 0 Å². The van der Waals surface area contributed by atoms with Gasteiger partial charge < -0.3 is 116 Å². The van der Waals surface area contributed by atoms with E-state index in [0.717, 1.165) is 44.9 Å². The van der Waals surface area contributed by atoms with Crippen molar-refractivity contribution in [3.8, 4) is 5.75 Å². The molecule has 0 spiro atoms. The van der Waals surface area contributed by atoms with Crippen molar-refractivity contribution in [3.05, 3.63) is 29.1 Å². The Morgan fingerprint density at radius 2 is 0.598 bits per heavy atom. The molecule has 3 saturated heterocycles. The molecular formula is C76H126F5N7O24. The van der Waals surface area contributed by atoms with Crippen molar-refractivity contribution < 1.29 is 139 Å². The van der Waals surface area contributed by atoms with E-state index in [1.165, 1.54) is 0 Å². The third-order valence-electron chi connectivity index (χ3n) is 19.6. The van der Waals surface area contributed by atoms with Gasteiger partial charge in [0.1, 0.15) is 42.2 Å². The van der Waals surface area contributed by atoms with E-state index in [2.05, 4.69) is 42.0 Å². The SMILES string of the molecule is O=C(CCCCC[C@H]1C[C@@H](O)[C@@H](O)[C@@H](CO)O1)NCCCNC(=O)CCOCC(COCCC(=O)NCCCNC(=O)CCCCC[C@H]1C[C@@H](O)[C@@H](O)[C@@H](CO)O1)(COCCC(=O)NCCCNC(=O)CCCCC[C@H]1C[C@@H](O)[C@@H](O)[C@@H](CO)O1)NC(=O)CCCCCCCCCCC(=O)Oc1c(F)c(F)c(F)c(F)c1F. The van der Waals surface area contributed by atoms with Crippen LogP contribution in [0.1, 0.15) is 218 Å². The summed E-state index contributed by atoms with van der Waals surface area (Å²) in [5, 5.41) is 108. The highest BCUT2D eigenvalue weighted by Gasteiger charge is 2.39. The van der Waals surface area contributed by atoms with Crippen molar-refractivity contribution in [2.24, 2.45) is 0 Å². The van der Waals surface area contributed by atoms with Crippen molar-refractivity contribution in [2.45, 2.75) is 297 Å². The molecule has 3 heterocycles. The van der Waals surface area contributed by atoms with Crippen molar-refractivity contribution in [1.29, 1.82) is 0 Å². The number of rotatable bonds is 61. The first-order valence-corrected chi connectivity index (χ1v) is 40.0. The number of hydrogen-bond acceptors (Lipinski definition) is 24. The molecule has 3 aliphatic rings. The van der Waals surface area contributed by atoms with E-state index in [9.17, 15) is 106 Å².